The van der Waals surface area contributed by atoms with Gasteiger partial charge in [0, 0.05) is 11.5 Å². The van der Waals surface area contributed by atoms with Gasteiger partial charge in [-0.15, -0.1) is 0 Å². The van der Waals surface area contributed by atoms with Crippen LogP contribution in [0.4, 0.5) is 8.78 Å². The third-order valence-corrected chi connectivity index (χ3v) is 3.54. The second-order valence-corrected chi connectivity index (χ2v) is 4.68. The minimum atomic E-state index is -2.86. The highest BCUT2D eigenvalue weighted by Gasteiger charge is 2.42. The van der Waals surface area contributed by atoms with Gasteiger partial charge in [0.25, 0.3) is 5.92 Å². The summed E-state index contributed by atoms with van der Waals surface area (Å²) >= 11 is 0. The number of esters is 1. The molecule has 0 spiro atoms. The Morgan fingerprint density at radius 1 is 1.33 bits per heavy atom. The molecule has 2 nitrogen and oxygen atoms in total. The van der Waals surface area contributed by atoms with Gasteiger partial charge in [-0.2, -0.15) is 0 Å². The van der Waals surface area contributed by atoms with Crippen LogP contribution in [0.15, 0.2) is 24.3 Å². The Morgan fingerprint density at radius 2 is 2.00 bits per heavy atom. The van der Waals surface area contributed by atoms with Crippen LogP contribution in [-0.2, 0) is 10.7 Å². The molecule has 18 heavy (non-hydrogen) atoms. The number of rotatable bonds is 3. The van der Waals surface area contributed by atoms with E-state index in [-0.39, 0.29) is 11.1 Å². The molecule has 0 N–H and O–H groups in total. The molecule has 1 aliphatic rings. The smallest absolute Gasteiger partial charge is 0.337 e. The molecule has 0 amide bonds. The van der Waals surface area contributed by atoms with Crippen molar-refractivity contribution in [3.8, 4) is 0 Å². The van der Waals surface area contributed by atoms with Crippen molar-refractivity contribution in [3.63, 3.8) is 0 Å². The predicted octanol–water partition coefficient (Wildman–Crippen LogP) is 3.76. The number of alkyl halides is 2. The first-order valence-electron chi connectivity index (χ1n) is 6.12. The van der Waals surface area contributed by atoms with Gasteiger partial charge in [-0.05, 0) is 25.0 Å². The minimum absolute atomic E-state index is 0.0858. The summed E-state index contributed by atoms with van der Waals surface area (Å²) in [4.78, 5) is 11.3. The van der Waals surface area contributed by atoms with Gasteiger partial charge in [0.2, 0.25) is 0 Å². The fourth-order valence-corrected chi connectivity index (χ4v) is 2.50. The predicted molar refractivity (Wildman–Crippen MR) is 63.6 cm³/mol. The molecule has 0 aromatic heterocycles. The topological polar surface area (TPSA) is 26.3 Å². The number of hydrogen-bond donors (Lipinski definition) is 0. The normalized spacial score (nSPS) is 16.8. The van der Waals surface area contributed by atoms with E-state index in [4.69, 9.17) is 0 Å². The van der Waals surface area contributed by atoms with E-state index in [2.05, 4.69) is 4.74 Å². The van der Waals surface area contributed by atoms with Crippen molar-refractivity contribution < 1.29 is 18.3 Å². The summed E-state index contributed by atoms with van der Waals surface area (Å²) in [5, 5.41) is 0. The van der Waals surface area contributed by atoms with Gasteiger partial charge in [-0.3, -0.25) is 0 Å². The Labute approximate surface area is 105 Å². The number of halogens is 2. The van der Waals surface area contributed by atoms with Gasteiger partial charge in [-0.1, -0.05) is 25.0 Å². The number of hydrogen-bond acceptors (Lipinski definition) is 2. The number of carbonyl (C=O) groups is 1. The van der Waals surface area contributed by atoms with Crippen molar-refractivity contribution in [2.75, 3.05) is 7.11 Å². The molecule has 0 heterocycles. The summed E-state index contributed by atoms with van der Waals surface area (Å²) in [6.07, 6.45) is 2.82. The SMILES string of the molecule is COC(=O)c1cccc(C(F)(F)C2CCCC2)c1. The van der Waals surface area contributed by atoms with Gasteiger partial charge in [-0.25, -0.2) is 13.6 Å². The molecule has 2 rings (SSSR count). The molecule has 1 fully saturated rings. The van der Waals surface area contributed by atoms with E-state index in [1.165, 1.54) is 31.4 Å². The Balaban J connectivity index is 2.29. The Kier molecular flexibility index (Phi) is 3.64. The molecule has 0 unspecified atom stereocenters. The maximum atomic E-state index is 14.3. The van der Waals surface area contributed by atoms with Crippen LogP contribution in [0.5, 0.6) is 0 Å². The summed E-state index contributed by atoms with van der Waals surface area (Å²) in [5.41, 5.74) is 0.0879. The molecule has 0 atom stereocenters. The lowest BCUT2D eigenvalue weighted by Gasteiger charge is -2.23. The number of carbonyl (C=O) groups excluding carboxylic acids is 1. The summed E-state index contributed by atoms with van der Waals surface area (Å²) in [7, 11) is 1.24. The van der Waals surface area contributed by atoms with Crippen molar-refractivity contribution in [3.05, 3.63) is 35.4 Å². The second kappa shape index (κ2) is 5.04. The second-order valence-electron chi connectivity index (χ2n) is 4.68. The lowest BCUT2D eigenvalue weighted by molar-refractivity contribution is -0.0626. The fraction of sp³-hybridized carbons (Fsp3) is 0.500. The number of methoxy groups -OCH3 is 1. The lowest BCUT2D eigenvalue weighted by Crippen LogP contribution is -2.23. The van der Waals surface area contributed by atoms with E-state index in [1.54, 1.807) is 0 Å². The standard InChI is InChI=1S/C14H16F2O2/c1-18-13(17)10-5-4-8-12(9-10)14(15,16)11-6-2-3-7-11/h4-5,8-9,11H,2-3,6-7H2,1H3. The molecule has 4 heteroatoms. The van der Waals surface area contributed by atoms with Gasteiger partial charge >= 0.3 is 5.97 Å². The van der Waals surface area contributed by atoms with Crippen LogP contribution in [0.3, 0.4) is 0 Å². The fourth-order valence-electron chi connectivity index (χ4n) is 2.50. The van der Waals surface area contributed by atoms with Gasteiger partial charge in [0.05, 0.1) is 12.7 Å². The summed E-state index contributed by atoms with van der Waals surface area (Å²) < 4.78 is 33.1. The first-order chi connectivity index (χ1) is 8.55. The van der Waals surface area contributed by atoms with Crippen molar-refractivity contribution in [2.45, 2.75) is 31.6 Å². The highest BCUT2D eigenvalue weighted by molar-refractivity contribution is 5.89. The zero-order chi connectivity index (χ0) is 13.2. The zero-order valence-electron chi connectivity index (χ0n) is 10.3. The van der Waals surface area contributed by atoms with E-state index >= 15 is 0 Å². The first-order valence-corrected chi connectivity index (χ1v) is 6.12. The van der Waals surface area contributed by atoms with E-state index in [0.29, 0.717) is 12.8 Å². The van der Waals surface area contributed by atoms with Gasteiger partial charge in [0.15, 0.2) is 0 Å². The molecule has 1 saturated carbocycles. The zero-order valence-corrected chi connectivity index (χ0v) is 10.3. The van der Waals surface area contributed by atoms with Crippen LogP contribution < -0.4 is 0 Å². The molecule has 0 aliphatic heterocycles. The average Bonchev–Trinajstić information content (AvgIpc) is 2.92. The molecular formula is C14H16F2O2. The van der Waals surface area contributed by atoms with Crippen LogP contribution in [0.2, 0.25) is 0 Å². The van der Waals surface area contributed by atoms with Crippen LogP contribution in [-0.4, -0.2) is 13.1 Å². The largest absolute Gasteiger partial charge is 0.465 e. The van der Waals surface area contributed by atoms with Crippen molar-refractivity contribution in [2.24, 2.45) is 5.92 Å². The molecule has 1 aliphatic carbocycles. The van der Waals surface area contributed by atoms with Gasteiger partial charge < -0.3 is 4.74 Å². The Bertz CT molecular complexity index is 437. The summed E-state index contributed by atoms with van der Waals surface area (Å²) in [5.74, 6) is -4.05. The minimum Gasteiger partial charge on any atom is -0.465 e. The monoisotopic (exact) mass is 254 g/mol. The number of ether oxygens (including phenoxy) is 1. The molecule has 1 aromatic rings. The number of benzene rings is 1. The molecular weight excluding hydrogens is 238 g/mol. The van der Waals surface area contributed by atoms with Crippen molar-refractivity contribution in [1.29, 1.82) is 0 Å². The van der Waals surface area contributed by atoms with E-state index in [1.807, 2.05) is 0 Å². The van der Waals surface area contributed by atoms with Gasteiger partial charge in [0.1, 0.15) is 0 Å². The highest BCUT2D eigenvalue weighted by Crippen LogP contribution is 2.44. The third kappa shape index (κ3) is 2.37. The Hall–Kier alpha value is -1.45. The van der Waals surface area contributed by atoms with Crippen LogP contribution >= 0.6 is 0 Å². The average molecular weight is 254 g/mol. The van der Waals surface area contributed by atoms with Crippen LogP contribution in [0.25, 0.3) is 0 Å². The highest BCUT2D eigenvalue weighted by atomic mass is 19.3. The van der Waals surface area contributed by atoms with Crippen molar-refractivity contribution in [1.82, 2.24) is 0 Å². The van der Waals surface area contributed by atoms with E-state index < -0.39 is 17.8 Å². The molecule has 0 radical (unpaired) electrons. The third-order valence-electron chi connectivity index (χ3n) is 3.54. The van der Waals surface area contributed by atoms with Crippen molar-refractivity contribution >= 4 is 5.97 Å². The van der Waals surface area contributed by atoms with E-state index in [0.717, 1.165) is 12.8 Å². The lowest BCUT2D eigenvalue weighted by atomic mass is 9.92. The summed E-state index contributed by atoms with van der Waals surface area (Å²) in [6, 6.07) is 5.58. The summed E-state index contributed by atoms with van der Waals surface area (Å²) in [6.45, 7) is 0. The molecule has 1 aromatic carbocycles. The first kappa shape index (κ1) is 13.0. The Morgan fingerprint density at radius 3 is 2.61 bits per heavy atom. The maximum Gasteiger partial charge on any atom is 0.337 e. The molecule has 0 saturated heterocycles. The molecule has 98 valence electrons. The van der Waals surface area contributed by atoms with Crippen LogP contribution in [0, 0.1) is 5.92 Å². The van der Waals surface area contributed by atoms with E-state index in [9.17, 15) is 13.6 Å². The quantitative estimate of drug-likeness (QED) is 0.768. The molecule has 0 bridgehead atoms. The van der Waals surface area contributed by atoms with Crippen LogP contribution in [0.1, 0.15) is 41.6 Å². The maximum absolute atomic E-state index is 14.3.